The Hall–Kier alpha value is -1.52. The highest BCUT2D eigenvalue weighted by Gasteiger charge is 2.13. The Balaban J connectivity index is 2.21. The molecule has 0 spiro atoms. The van der Waals surface area contributed by atoms with Gasteiger partial charge in [0, 0.05) is 29.0 Å². The van der Waals surface area contributed by atoms with Gasteiger partial charge in [0.2, 0.25) is 0 Å². The Morgan fingerprint density at radius 3 is 2.67 bits per heavy atom. The van der Waals surface area contributed by atoms with E-state index in [4.69, 9.17) is 11.6 Å². The highest BCUT2D eigenvalue weighted by Crippen LogP contribution is 2.21. The Bertz CT molecular complexity index is 519. The first-order valence-corrected chi connectivity index (χ1v) is 5.94. The van der Waals surface area contributed by atoms with Crippen molar-refractivity contribution in [1.29, 1.82) is 0 Å². The maximum absolute atomic E-state index is 13.7. The zero-order chi connectivity index (χ0) is 13.0. The summed E-state index contributed by atoms with van der Waals surface area (Å²) < 4.78 is 13.7. The molecule has 0 aliphatic heterocycles. The molecular formula is C13H13ClFN3. The van der Waals surface area contributed by atoms with Gasteiger partial charge in [-0.3, -0.25) is 0 Å². The lowest BCUT2D eigenvalue weighted by Crippen LogP contribution is -2.19. The SMILES string of the molecule is CNC(Cc1ccc(Cl)cc1F)c1cncnc1. The average Bonchev–Trinajstić information content (AvgIpc) is 2.39. The summed E-state index contributed by atoms with van der Waals surface area (Å²) >= 11 is 5.73. The van der Waals surface area contributed by atoms with Crippen LogP contribution in [0.15, 0.2) is 36.9 Å². The molecule has 3 nitrogen and oxygen atoms in total. The molecule has 0 aliphatic carbocycles. The number of halogens is 2. The van der Waals surface area contributed by atoms with Gasteiger partial charge in [0.1, 0.15) is 12.1 Å². The third kappa shape index (κ3) is 3.03. The minimum atomic E-state index is -0.292. The molecule has 1 N–H and O–H groups in total. The fourth-order valence-electron chi connectivity index (χ4n) is 1.78. The summed E-state index contributed by atoms with van der Waals surface area (Å²) in [6.45, 7) is 0. The third-order valence-corrected chi connectivity index (χ3v) is 3.01. The molecule has 0 saturated heterocycles. The lowest BCUT2D eigenvalue weighted by molar-refractivity contribution is 0.552. The van der Waals surface area contributed by atoms with Crippen LogP contribution in [0.4, 0.5) is 4.39 Å². The largest absolute Gasteiger partial charge is 0.313 e. The molecule has 1 aromatic carbocycles. The van der Waals surface area contributed by atoms with E-state index in [0.717, 1.165) is 5.56 Å². The van der Waals surface area contributed by atoms with E-state index in [1.165, 1.54) is 12.4 Å². The van der Waals surface area contributed by atoms with E-state index in [0.29, 0.717) is 17.0 Å². The van der Waals surface area contributed by atoms with Gasteiger partial charge in [-0.2, -0.15) is 0 Å². The fraction of sp³-hybridized carbons (Fsp3) is 0.231. The summed E-state index contributed by atoms with van der Waals surface area (Å²) in [4.78, 5) is 7.93. The van der Waals surface area contributed by atoms with Gasteiger partial charge >= 0.3 is 0 Å². The van der Waals surface area contributed by atoms with E-state index in [9.17, 15) is 4.39 Å². The molecule has 0 amide bonds. The van der Waals surface area contributed by atoms with Crippen molar-refractivity contribution in [2.24, 2.45) is 0 Å². The Morgan fingerprint density at radius 1 is 1.33 bits per heavy atom. The minimum absolute atomic E-state index is 0.0260. The molecule has 5 heteroatoms. The van der Waals surface area contributed by atoms with Crippen molar-refractivity contribution in [1.82, 2.24) is 15.3 Å². The van der Waals surface area contributed by atoms with Crippen LogP contribution >= 0.6 is 11.6 Å². The summed E-state index contributed by atoms with van der Waals surface area (Å²) in [7, 11) is 1.82. The minimum Gasteiger partial charge on any atom is -0.313 e. The van der Waals surface area contributed by atoms with Gasteiger partial charge < -0.3 is 5.32 Å². The predicted molar refractivity (Wildman–Crippen MR) is 68.9 cm³/mol. The molecule has 1 heterocycles. The molecule has 0 aliphatic rings. The standard InChI is InChI=1S/C13H13ClFN3/c1-16-13(10-6-17-8-18-7-10)4-9-2-3-11(14)5-12(9)15/h2-3,5-8,13,16H,4H2,1H3. The number of rotatable bonds is 4. The number of likely N-dealkylation sites (N-methyl/N-ethyl adjacent to an activating group) is 1. The molecule has 0 radical (unpaired) electrons. The average molecular weight is 266 g/mol. The second kappa shape index (κ2) is 5.89. The number of nitrogens with zero attached hydrogens (tertiary/aromatic N) is 2. The van der Waals surface area contributed by atoms with Gasteiger partial charge in [-0.1, -0.05) is 17.7 Å². The smallest absolute Gasteiger partial charge is 0.127 e. The maximum Gasteiger partial charge on any atom is 0.127 e. The van der Waals surface area contributed by atoms with Gasteiger partial charge in [-0.15, -0.1) is 0 Å². The lowest BCUT2D eigenvalue weighted by atomic mass is 10.0. The van der Waals surface area contributed by atoms with Gasteiger partial charge in [-0.25, -0.2) is 14.4 Å². The summed E-state index contributed by atoms with van der Waals surface area (Å²) in [5.74, 6) is -0.292. The van der Waals surface area contributed by atoms with Crippen LogP contribution in [0.25, 0.3) is 0 Å². The lowest BCUT2D eigenvalue weighted by Gasteiger charge is -2.16. The van der Waals surface area contributed by atoms with Gasteiger partial charge in [0.15, 0.2) is 0 Å². The van der Waals surface area contributed by atoms with Crippen molar-refractivity contribution < 1.29 is 4.39 Å². The van der Waals surface area contributed by atoms with Crippen LogP contribution in [0.2, 0.25) is 5.02 Å². The summed E-state index contributed by atoms with van der Waals surface area (Å²) in [5, 5.41) is 3.53. The molecule has 18 heavy (non-hydrogen) atoms. The van der Waals surface area contributed by atoms with Crippen molar-refractivity contribution in [2.75, 3.05) is 7.05 Å². The van der Waals surface area contributed by atoms with Crippen molar-refractivity contribution in [2.45, 2.75) is 12.5 Å². The summed E-state index contributed by atoms with van der Waals surface area (Å²) in [5.41, 5.74) is 1.54. The highest BCUT2D eigenvalue weighted by molar-refractivity contribution is 6.30. The van der Waals surface area contributed by atoms with Crippen LogP contribution in [-0.2, 0) is 6.42 Å². The van der Waals surface area contributed by atoms with Crippen molar-refractivity contribution in [3.05, 3.63) is 58.9 Å². The van der Waals surface area contributed by atoms with Crippen LogP contribution in [0.5, 0.6) is 0 Å². The molecule has 94 valence electrons. The Kier molecular flexibility index (Phi) is 4.23. The normalized spacial score (nSPS) is 12.4. The van der Waals surface area contributed by atoms with E-state index in [2.05, 4.69) is 15.3 Å². The fourth-order valence-corrected chi connectivity index (χ4v) is 1.94. The number of nitrogens with one attached hydrogen (secondary N) is 1. The molecule has 1 unspecified atom stereocenters. The van der Waals surface area contributed by atoms with E-state index in [-0.39, 0.29) is 11.9 Å². The highest BCUT2D eigenvalue weighted by atomic mass is 35.5. The van der Waals surface area contributed by atoms with Gasteiger partial charge in [0.25, 0.3) is 0 Å². The first kappa shape index (κ1) is 12.9. The zero-order valence-electron chi connectivity index (χ0n) is 9.90. The predicted octanol–water partition coefficient (Wildman–Crippen LogP) is 2.77. The van der Waals surface area contributed by atoms with E-state index >= 15 is 0 Å². The topological polar surface area (TPSA) is 37.8 Å². The van der Waals surface area contributed by atoms with Gasteiger partial charge in [0.05, 0.1) is 0 Å². The molecule has 0 saturated carbocycles. The van der Waals surface area contributed by atoms with Crippen LogP contribution in [-0.4, -0.2) is 17.0 Å². The van der Waals surface area contributed by atoms with Crippen molar-refractivity contribution in [3.8, 4) is 0 Å². The van der Waals surface area contributed by atoms with Crippen LogP contribution in [0.3, 0.4) is 0 Å². The zero-order valence-corrected chi connectivity index (χ0v) is 10.7. The maximum atomic E-state index is 13.7. The molecule has 0 bridgehead atoms. The summed E-state index contributed by atoms with van der Waals surface area (Å²) in [6, 6.07) is 4.69. The first-order chi connectivity index (χ1) is 8.70. The third-order valence-electron chi connectivity index (χ3n) is 2.77. The number of benzene rings is 1. The quantitative estimate of drug-likeness (QED) is 0.924. The Labute approximate surface area is 110 Å². The molecule has 2 rings (SSSR count). The monoisotopic (exact) mass is 265 g/mol. The first-order valence-electron chi connectivity index (χ1n) is 5.57. The number of hydrogen-bond acceptors (Lipinski definition) is 3. The summed E-state index contributed by atoms with van der Waals surface area (Å²) in [6.07, 6.45) is 5.44. The Morgan fingerprint density at radius 2 is 2.06 bits per heavy atom. The van der Waals surface area contributed by atoms with Crippen molar-refractivity contribution >= 4 is 11.6 Å². The number of aromatic nitrogens is 2. The molecule has 0 fully saturated rings. The van der Waals surface area contributed by atoms with Gasteiger partial charge in [-0.05, 0) is 31.2 Å². The van der Waals surface area contributed by atoms with E-state index in [1.54, 1.807) is 24.5 Å². The molecular weight excluding hydrogens is 253 g/mol. The molecule has 1 atom stereocenters. The van der Waals surface area contributed by atoms with Crippen LogP contribution < -0.4 is 5.32 Å². The molecule has 2 aromatic rings. The van der Waals surface area contributed by atoms with Crippen LogP contribution in [0.1, 0.15) is 17.2 Å². The van der Waals surface area contributed by atoms with E-state index in [1.807, 2.05) is 7.05 Å². The second-order valence-corrected chi connectivity index (χ2v) is 4.39. The number of hydrogen-bond donors (Lipinski definition) is 1. The van der Waals surface area contributed by atoms with E-state index < -0.39 is 0 Å². The molecule has 1 aromatic heterocycles. The van der Waals surface area contributed by atoms with Crippen LogP contribution in [0, 0.1) is 5.82 Å². The second-order valence-electron chi connectivity index (χ2n) is 3.95. The van der Waals surface area contributed by atoms with Crippen molar-refractivity contribution in [3.63, 3.8) is 0 Å².